The zero-order chi connectivity index (χ0) is 31.9. The van der Waals surface area contributed by atoms with Crippen LogP contribution in [0.2, 0.25) is 0 Å². The molecule has 0 radical (unpaired) electrons. The Hall–Kier alpha value is -4.25. The quantitative estimate of drug-likeness (QED) is 0.126. The Kier molecular flexibility index (Phi) is 10.7. The maximum atomic E-state index is 14.1. The van der Waals surface area contributed by atoms with E-state index in [4.69, 9.17) is 10.9 Å². The average Bonchev–Trinajstić information content (AvgIpc) is 3.11. The Balaban J connectivity index is 1.55. The van der Waals surface area contributed by atoms with Crippen LogP contribution in [0.3, 0.4) is 0 Å². The van der Waals surface area contributed by atoms with Gasteiger partial charge in [-0.1, -0.05) is 74.5 Å². The number of benzene rings is 3. The van der Waals surface area contributed by atoms with Crippen LogP contribution >= 0.6 is 0 Å². The second-order valence-corrected chi connectivity index (χ2v) is 12.1. The number of aliphatic hydroxyl groups is 2. The first-order valence-corrected chi connectivity index (χ1v) is 15.0. The number of aliphatic hydroxyl groups excluding tert-OH is 2. The Morgan fingerprint density at radius 3 is 2.45 bits per heavy atom. The molecule has 44 heavy (non-hydrogen) atoms. The molecule has 0 fully saturated rings. The minimum Gasteiger partial charge on any atom is -0.395 e. The normalized spacial score (nSPS) is 15.6. The van der Waals surface area contributed by atoms with Crippen molar-refractivity contribution in [2.24, 2.45) is 11.3 Å². The number of anilines is 2. The molecule has 234 valence electrons. The van der Waals surface area contributed by atoms with Crippen LogP contribution in [0.25, 0.3) is 11.1 Å². The van der Waals surface area contributed by atoms with Crippen molar-refractivity contribution in [3.05, 3.63) is 83.9 Å². The number of urea groups is 1. The average molecular weight is 602 g/mol. The molecule has 3 aromatic carbocycles. The molecular formula is C34H43N5O5. The van der Waals surface area contributed by atoms with Gasteiger partial charge in [-0.05, 0) is 60.4 Å². The van der Waals surface area contributed by atoms with Gasteiger partial charge in [0.05, 0.1) is 24.9 Å². The Morgan fingerprint density at radius 1 is 1.07 bits per heavy atom. The molecule has 1 aliphatic heterocycles. The third-order valence-corrected chi connectivity index (χ3v) is 7.80. The van der Waals surface area contributed by atoms with Gasteiger partial charge in [0.25, 0.3) is 5.91 Å². The number of rotatable bonds is 11. The number of carbonyl (C=O) groups is 3. The first-order chi connectivity index (χ1) is 21.0. The highest BCUT2D eigenvalue weighted by Gasteiger charge is 2.37. The van der Waals surface area contributed by atoms with Crippen LogP contribution in [0.5, 0.6) is 0 Å². The maximum Gasteiger partial charge on any atom is 0.319 e. The minimum absolute atomic E-state index is 0.117. The topological polar surface area (TPSA) is 148 Å². The van der Waals surface area contributed by atoms with Gasteiger partial charge in [-0.15, -0.1) is 0 Å². The smallest absolute Gasteiger partial charge is 0.319 e. The third kappa shape index (κ3) is 8.22. The molecular weight excluding hydrogens is 558 g/mol. The van der Waals surface area contributed by atoms with Crippen molar-refractivity contribution >= 4 is 29.2 Å². The number of amides is 4. The summed E-state index contributed by atoms with van der Waals surface area (Å²) in [6, 6.07) is 21.7. The summed E-state index contributed by atoms with van der Waals surface area (Å²) in [5.41, 5.74) is 4.54. The molecule has 2 atom stereocenters. The first-order valence-electron chi connectivity index (χ1n) is 15.0. The summed E-state index contributed by atoms with van der Waals surface area (Å²) in [6.07, 6.45) is 0.999. The van der Waals surface area contributed by atoms with Gasteiger partial charge < -0.3 is 25.7 Å². The van der Waals surface area contributed by atoms with Crippen LogP contribution in [-0.4, -0.2) is 58.4 Å². The summed E-state index contributed by atoms with van der Waals surface area (Å²) in [7, 11) is 0. The van der Waals surface area contributed by atoms with E-state index in [2.05, 4.69) is 10.6 Å². The fraction of sp³-hybridized carbons (Fsp3) is 0.382. The maximum absolute atomic E-state index is 14.1. The molecule has 0 saturated carbocycles. The number of nitrogens with zero attached hydrogens (tertiary/aromatic N) is 2. The molecule has 0 unspecified atom stereocenters. The lowest BCUT2D eigenvalue weighted by Gasteiger charge is -2.33. The Morgan fingerprint density at radius 2 is 1.75 bits per heavy atom. The van der Waals surface area contributed by atoms with Gasteiger partial charge in [0.15, 0.2) is 0 Å². The molecule has 4 rings (SSSR count). The zero-order valence-corrected chi connectivity index (χ0v) is 25.6. The molecule has 0 aliphatic carbocycles. The van der Waals surface area contributed by atoms with E-state index < -0.39 is 23.6 Å². The Bertz CT molecular complexity index is 1460. The summed E-state index contributed by atoms with van der Waals surface area (Å²) in [5.74, 6) is 5.79. The number of nitrogens with two attached hydrogens (primary N) is 1. The van der Waals surface area contributed by atoms with Crippen molar-refractivity contribution in [1.29, 1.82) is 0 Å². The van der Waals surface area contributed by atoms with E-state index in [9.17, 15) is 19.5 Å². The lowest BCUT2D eigenvalue weighted by atomic mass is 9.83. The third-order valence-electron chi connectivity index (χ3n) is 7.80. The highest BCUT2D eigenvalue weighted by Crippen LogP contribution is 2.33. The summed E-state index contributed by atoms with van der Waals surface area (Å²) < 4.78 is 0. The summed E-state index contributed by atoms with van der Waals surface area (Å²) in [4.78, 5) is 41.2. The predicted octanol–water partition coefficient (Wildman–Crippen LogP) is 4.20. The van der Waals surface area contributed by atoms with E-state index >= 15 is 0 Å². The van der Waals surface area contributed by atoms with Gasteiger partial charge in [0.1, 0.15) is 6.04 Å². The van der Waals surface area contributed by atoms with Crippen LogP contribution < -0.4 is 21.4 Å². The zero-order valence-electron chi connectivity index (χ0n) is 25.6. The summed E-state index contributed by atoms with van der Waals surface area (Å²) in [6.45, 7) is 5.80. The van der Waals surface area contributed by atoms with Crippen LogP contribution in [0.4, 0.5) is 16.2 Å². The van der Waals surface area contributed by atoms with Crippen LogP contribution in [0, 0.1) is 5.41 Å². The lowest BCUT2D eigenvalue weighted by Crippen LogP contribution is -2.54. The monoisotopic (exact) mass is 601 g/mol. The number of aryl methyl sites for hydroxylation is 1. The highest BCUT2D eigenvalue weighted by atomic mass is 16.3. The van der Waals surface area contributed by atoms with E-state index in [1.54, 1.807) is 17.9 Å². The molecule has 0 spiro atoms. The van der Waals surface area contributed by atoms with E-state index in [0.29, 0.717) is 24.9 Å². The number of hydrogen-bond donors (Lipinski definition) is 5. The van der Waals surface area contributed by atoms with E-state index in [1.807, 2.05) is 80.6 Å². The number of fused-ring (bicyclic) bond motifs is 1. The number of hydrazine groups is 1. The second-order valence-electron chi connectivity index (χ2n) is 12.1. The molecule has 4 amide bonds. The molecule has 10 nitrogen and oxygen atoms in total. The van der Waals surface area contributed by atoms with Gasteiger partial charge in [-0.2, -0.15) is 0 Å². The summed E-state index contributed by atoms with van der Waals surface area (Å²) >= 11 is 0. The van der Waals surface area contributed by atoms with Crippen molar-refractivity contribution in [2.45, 2.75) is 65.1 Å². The molecule has 1 aliphatic rings. The summed E-state index contributed by atoms with van der Waals surface area (Å²) in [5, 5.41) is 25.3. The molecule has 6 N–H and O–H groups in total. The van der Waals surface area contributed by atoms with Crippen LogP contribution in [0.1, 0.15) is 51.2 Å². The Labute approximate surface area is 258 Å². The number of nitrogens with one attached hydrogen (secondary N) is 2. The van der Waals surface area contributed by atoms with Crippen LogP contribution in [0.15, 0.2) is 72.8 Å². The SMILES string of the molecule is C[C@@H](O)CC(C)(C)CC(=O)N(N)[C@@H]1CCc2ccccc2N(Cc2ccc(-c3ccccc3NC(=O)NCCO)cc2)C1=O. The van der Waals surface area contributed by atoms with Crippen molar-refractivity contribution in [2.75, 3.05) is 23.4 Å². The van der Waals surface area contributed by atoms with Gasteiger partial charge in [-0.25, -0.2) is 10.6 Å². The van der Waals surface area contributed by atoms with E-state index in [-0.39, 0.29) is 37.9 Å². The number of hydrogen-bond acceptors (Lipinski definition) is 6. The first kappa shape index (κ1) is 32.7. The standard InChI is InChI=1S/C34H43N5O5/c1-23(41)20-34(2,3)21-31(42)39(35)30-17-16-26-8-4-7-11-29(26)38(32(30)43)22-24-12-14-25(15-13-24)27-9-5-6-10-28(27)37-33(44)36-18-19-40/h4-15,23,30,40-41H,16-22,35H2,1-3H3,(H2,36,37,44)/t23-,30-/m1/s1. The van der Waals surface area contributed by atoms with Gasteiger partial charge >= 0.3 is 6.03 Å². The lowest BCUT2D eigenvalue weighted by molar-refractivity contribution is -0.142. The highest BCUT2D eigenvalue weighted by molar-refractivity contribution is 6.00. The largest absolute Gasteiger partial charge is 0.395 e. The van der Waals surface area contributed by atoms with Gasteiger partial charge in [0, 0.05) is 24.2 Å². The fourth-order valence-corrected chi connectivity index (χ4v) is 5.82. The molecule has 1 heterocycles. The second kappa shape index (κ2) is 14.5. The fourth-order valence-electron chi connectivity index (χ4n) is 5.82. The van der Waals surface area contributed by atoms with Gasteiger partial charge in [0.2, 0.25) is 5.91 Å². The molecule has 0 bridgehead atoms. The molecule has 0 saturated heterocycles. The predicted molar refractivity (Wildman–Crippen MR) is 171 cm³/mol. The number of carbonyl (C=O) groups excluding carboxylic acids is 3. The van der Waals surface area contributed by atoms with E-state index in [0.717, 1.165) is 33.0 Å². The van der Waals surface area contributed by atoms with Crippen molar-refractivity contribution in [3.63, 3.8) is 0 Å². The van der Waals surface area contributed by atoms with Crippen LogP contribution in [-0.2, 0) is 22.6 Å². The van der Waals surface area contributed by atoms with Gasteiger partial charge in [-0.3, -0.25) is 14.6 Å². The van der Waals surface area contributed by atoms with E-state index in [1.165, 1.54) is 0 Å². The minimum atomic E-state index is -0.827. The van der Waals surface area contributed by atoms with Crippen molar-refractivity contribution in [1.82, 2.24) is 10.3 Å². The van der Waals surface area contributed by atoms with Crippen molar-refractivity contribution in [3.8, 4) is 11.1 Å². The van der Waals surface area contributed by atoms with Crippen molar-refractivity contribution < 1.29 is 24.6 Å². The molecule has 10 heteroatoms. The number of para-hydroxylation sites is 2. The molecule has 0 aromatic heterocycles. The molecule has 3 aromatic rings.